The number of thioether (sulfide) groups is 1. The molecule has 1 aromatic heterocycles. The first-order valence-electron chi connectivity index (χ1n) is 27.2. The van der Waals surface area contributed by atoms with Crippen molar-refractivity contribution in [1.82, 2.24) is 29.7 Å². The van der Waals surface area contributed by atoms with Gasteiger partial charge in [-0.2, -0.15) is 17.6 Å². The van der Waals surface area contributed by atoms with Crippen molar-refractivity contribution < 1.29 is 48.8 Å². The first-order valence-corrected chi connectivity index (χ1v) is 31.5. The number of sulfonamides is 1. The predicted molar refractivity (Wildman–Crippen MR) is 310 cm³/mol. The summed E-state index contributed by atoms with van der Waals surface area (Å²) in [5.41, 5.74) is -0.252. The van der Waals surface area contributed by atoms with Gasteiger partial charge in [0, 0.05) is 111 Å². The Labute approximate surface area is 485 Å². The number of carbonyl (C=O) groups is 3. The van der Waals surface area contributed by atoms with Crippen LogP contribution in [0.4, 0.5) is 34.6 Å². The molecule has 1 aliphatic carbocycles. The van der Waals surface area contributed by atoms with E-state index in [1.54, 1.807) is 12.1 Å². The molecule has 1 unspecified atom stereocenters. The van der Waals surface area contributed by atoms with Crippen molar-refractivity contribution in [2.75, 3.05) is 86.7 Å². The lowest BCUT2D eigenvalue weighted by Gasteiger charge is -2.39. The molecule has 0 radical (unpaired) electrons. The quantitative estimate of drug-likeness (QED) is 0.0249. The minimum atomic E-state index is -6.16. The lowest BCUT2D eigenvalue weighted by molar-refractivity contribution is -0.133. The Bertz CT molecular complexity index is 3380. The third-order valence-corrected chi connectivity index (χ3v) is 19.7. The Kier molecular flexibility index (Phi) is 19.1. The molecule has 3 fully saturated rings. The van der Waals surface area contributed by atoms with Crippen LogP contribution in [-0.2, 0) is 36.0 Å². The highest BCUT2D eigenvalue weighted by Gasteiger charge is 2.48. The van der Waals surface area contributed by atoms with Crippen LogP contribution in [-0.4, -0.2) is 143 Å². The van der Waals surface area contributed by atoms with E-state index in [0.717, 1.165) is 61.6 Å². The van der Waals surface area contributed by atoms with E-state index in [1.165, 1.54) is 52.9 Å². The number of halogens is 5. The van der Waals surface area contributed by atoms with Crippen molar-refractivity contribution in [2.45, 2.75) is 91.2 Å². The number of piperidine rings is 1. The van der Waals surface area contributed by atoms with Crippen molar-refractivity contribution >= 4 is 83.6 Å². The number of pyridine rings is 1. The van der Waals surface area contributed by atoms with Crippen molar-refractivity contribution in [3.05, 3.63) is 143 Å². The number of imide groups is 1. The molecule has 24 heteroatoms. The molecule has 3 saturated heterocycles. The molecule has 3 amide bonds. The predicted octanol–water partition coefficient (Wildman–Crippen LogP) is 9.07. The lowest BCUT2D eigenvalue weighted by atomic mass is 9.73. The fourth-order valence-corrected chi connectivity index (χ4v) is 14.0. The second-order valence-corrected chi connectivity index (χ2v) is 27.1. The third-order valence-electron chi connectivity index (χ3n) is 15.5. The van der Waals surface area contributed by atoms with Gasteiger partial charge in [0.05, 0.1) is 22.5 Å². The number of amides is 3. The van der Waals surface area contributed by atoms with E-state index in [9.17, 15) is 48.8 Å². The summed E-state index contributed by atoms with van der Waals surface area (Å²) in [6.07, 6.45) is 5.18. The first-order chi connectivity index (χ1) is 39.0. The molecule has 3 aliphatic heterocycles. The van der Waals surface area contributed by atoms with Crippen LogP contribution in [0.3, 0.4) is 0 Å². The number of carbonyl (C=O) groups excluding carboxylic acids is 3. The Balaban J connectivity index is 0.836. The molecule has 0 bridgehead atoms. The number of aromatic nitrogens is 1. The summed E-state index contributed by atoms with van der Waals surface area (Å²) in [6.45, 7) is 11.4. The number of benzene rings is 4. The minimum Gasteiger partial charge on any atom is -0.380 e. The summed E-state index contributed by atoms with van der Waals surface area (Å²) in [6, 6.07) is 25.9. The van der Waals surface area contributed by atoms with Gasteiger partial charge >= 0.3 is 5.51 Å². The number of hydrogen-bond donors (Lipinski definition) is 4. The van der Waals surface area contributed by atoms with Gasteiger partial charge in [-0.15, -0.1) is 11.8 Å². The highest BCUT2D eigenvalue weighted by molar-refractivity contribution is 7.99. The second-order valence-electron chi connectivity index (χ2n) is 22.0. The Morgan fingerprint density at radius 3 is 2.18 bits per heavy atom. The Morgan fingerprint density at radius 1 is 0.829 bits per heavy atom. The van der Waals surface area contributed by atoms with Gasteiger partial charge in [0.25, 0.3) is 25.8 Å². The highest BCUT2D eigenvalue weighted by Crippen LogP contribution is 2.43. The van der Waals surface area contributed by atoms with Crippen LogP contribution in [0.25, 0.3) is 5.57 Å². The number of piperazine rings is 2. The Hall–Kier alpha value is -6.08. The van der Waals surface area contributed by atoms with Crippen molar-refractivity contribution in [3.8, 4) is 0 Å². The minimum absolute atomic E-state index is 0.0354. The van der Waals surface area contributed by atoms with Crippen LogP contribution < -0.4 is 25.6 Å². The molecule has 438 valence electrons. The number of anilines is 3. The monoisotopic (exact) mass is 1210 g/mol. The van der Waals surface area contributed by atoms with Gasteiger partial charge < -0.3 is 20.4 Å². The van der Waals surface area contributed by atoms with Gasteiger partial charge in [-0.25, -0.2) is 26.5 Å². The van der Waals surface area contributed by atoms with Crippen LogP contribution in [0.1, 0.15) is 73.9 Å². The molecular formula is C58H66ClF4N9O7S3. The summed E-state index contributed by atoms with van der Waals surface area (Å²) in [4.78, 5) is 49.0. The second kappa shape index (κ2) is 25.8. The van der Waals surface area contributed by atoms with Gasteiger partial charge in [0.2, 0.25) is 17.8 Å². The van der Waals surface area contributed by atoms with Crippen molar-refractivity contribution in [2.24, 2.45) is 5.41 Å². The van der Waals surface area contributed by atoms with Gasteiger partial charge in [0.1, 0.15) is 10.9 Å². The van der Waals surface area contributed by atoms with Gasteiger partial charge in [-0.3, -0.25) is 29.5 Å². The zero-order chi connectivity index (χ0) is 58.4. The molecule has 4 aliphatic rings. The van der Waals surface area contributed by atoms with E-state index in [0.29, 0.717) is 81.1 Å². The molecule has 4 heterocycles. The molecule has 0 saturated carbocycles. The van der Waals surface area contributed by atoms with Gasteiger partial charge in [-0.1, -0.05) is 61.4 Å². The summed E-state index contributed by atoms with van der Waals surface area (Å²) in [7, 11) is -11.1. The molecule has 9 rings (SSSR count). The maximum Gasteiger partial charge on any atom is 0.501 e. The smallest absolute Gasteiger partial charge is 0.380 e. The summed E-state index contributed by atoms with van der Waals surface area (Å²) >= 11 is 7.61. The highest BCUT2D eigenvalue weighted by atomic mass is 35.5. The molecule has 4 aromatic carbocycles. The van der Waals surface area contributed by atoms with Gasteiger partial charge in [-0.05, 0) is 127 Å². The molecule has 82 heavy (non-hydrogen) atoms. The molecular weight excluding hydrogens is 1140 g/mol. The number of alkyl halides is 3. The maximum absolute atomic E-state index is 14.5. The van der Waals surface area contributed by atoms with E-state index in [2.05, 4.69) is 66.5 Å². The summed E-state index contributed by atoms with van der Waals surface area (Å²) in [5, 5.41) is 9.11. The largest absolute Gasteiger partial charge is 0.501 e. The molecule has 4 N–H and O–H groups in total. The molecule has 16 nitrogen and oxygen atoms in total. The fourth-order valence-electron chi connectivity index (χ4n) is 10.8. The topological polar surface area (TPSA) is 193 Å². The summed E-state index contributed by atoms with van der Waals surface area (Å²) in [5.74, 6) is -2.32. The van der Waals surface area contributed by atoms with E-state index in [4.69, 9.17) is 11.6 Å². The number of nitrogens with one attached hydrogen (secondary N) is 4. The lowest BCUT2D eigenvalue weighted by Crippen LogP contribution is -2.48. The van der Waals surface area contributed by atoms with Crippen molar-refractivity contribution in [1.29, 1.82) is 0 Å². The fraction of sp³-hybridized carbons (Fsp3) is 0.414. The number of rotatable bonds is 20. The maximum atomic E-state index is 14.5. The zero-order valence-corrected chi connectivity index (χ0v) is 48.7. The Morgan fingerprint density at radius 2 is 1.50 bits per heavy atom. The van der Waals surface area contributed by atoms with Crippen molar-refractivity contribution in [3.63, 3.8) is 0 Å². The molecule has 2 atom stereocenters. The number of nitrogens with zero attached hydrogens (tertiary/aromatic N) is 5. The average Bonchev–Trinajstić information content (AvgIpc) is 3.13. The van der Waals surface area contributed by atoms with E-state index in [-0.39, 0.29) is 35.5 Å². The SMILES string of the molecule is CC1(C)CCC(c2ccc(Cl)cc2)=C(CN2CCN(c3ccc(C(=O)NS(=O)(=O)c4ccc(N[C@H](CCN5CCN(Cc6cc(F)ncc6NC6CCC(=O)NC6=O)CC5)CSc5ccccc5)c(S(=O)(=O)C(F)(F)F)c4)cc3)CC2)C1. The van der Waals surface area contributed by atoms with Gasteiger partial charge in [0.15, 0.2) is 0 Å². The van der Waals surface area contributed by atoms with Crippen LogP contribution >= 0.6 is 23.4 Å². The summed E-state index contributed by atoms with van der Waals surface area (Å²) < 4.78 is 114. The van der Waals surface area contributed by atoms with Crippen LogP contribution in [0.2, 0.25) is 5.02 Å². The zero-order valence-electron chi connectivity index (χ0n) is 45.5. The molecule has 5 aromatic rings. The van der Waals surface area contributed by atoms with Crippen LogP contribution in [0.5, 0.6) is 0 Å². The molecule has 0 spiro atoms. The standard InChI is InChI=1S/C58H66ClF4N9O7S3/c1-57(2)22-20-48(39-8-12-43(59)13-9-39)42(34-57)37-71-28-30-72(31-29-71)45-14-10-40(11-15-45)55(74)68-82(78,79)47-16-17-49(52(33-47)81(76,77)58(61,62)63)65-44(38-80-46-6-4-3-5-7-46)21-23-69-24-26-70(27-25-69)36-41-32-53(60)64-35-51(41)66-50-18-19-54(73)67-56(50)75/h3-17,32-33,35,44,50,65-66H,18-31,34,36-38H2,1-2H3,(H,68,74)(H,67,73,75)/t44-,50?/m1/s1. The van der Waals surface area contributed by atoms with Crippen LogP contribution in [0, 0.1) is 11.4 Å². The average molecular weight is 1210 g/mol. The number of hydrogen-bond acceptors (Lipinski definition) is 15. The van der Waals surface area contributed by atoms with E-state index >= 15 is 0 Å². The normalized spacial score (nSPS) is 19.2. The third kappa shape index (κ3) is 15.4. The van der Waals surface area contributed by atoms with Crippen LogP contribution in [0.15, 0.2) is 130 Å². The van der Waals surface area contributed by atoms with E-state index < -0.39 is 70.7 Å². The first kappa shape index (κ1) is 60.5. The number of sulfone groups is 1. The number of allylic oxidation sites excluding steroid dienone is 1. The van der Waals surface area contributed by atoms with E-state index in [1.807, 2.05) is 47.2 Å².